The van der Waals surface area contributed by atoms with Crippen LogP contribution in [0, 0.1) is 11.5 Å². The first kappa shape index (κ1) is 16.8. The first-order valence-corrected chi connectivity index (χ1v) is 8.78. The molecule has 1 saturated heterocycles. The van der Waals surface area contributed by atoms with Crippen LogP contribution in [-0.2, 0) is 11.2 Å². The molecular weight excluding hydrogens is 355 g/mol. The van der Waals surface area contributed by atoms with Crippen molar-refractivity contribution in [2.24, 2.45) is 0 Å². The summed E-state index contributed by atoms with van der Waals surface area (Å²) < 4.78 is 15.1. The lowest BCUT2D eigenvalue weighted by Crippen LogP contribution is -2.47. The summed E-state index contributed by atoms with van der Waals surface area (Å²) in [5.41, 5.74) is 0.742. The number of alkyl halides is 1. The smallest absolute Gasteiger partial charge is 0.267 e. The van der Waals surface area contributed by atoms with Crippen LogP contribution in [0.15, 0.2) is 36.5 Å². The molecule has 1 aromatic carbocycles. The number of carbonyl (C=O) groups is 1. The zero-order valence-electron chi connectivity index (χ0n) is 14.0. The molecule has 2 aliphatic rings. The predicted molar refractivity (Wildman–Crippen MR) is 96.4 cm³/mol. The van der Waals surface area contributed by atoms with E-state index in [1.54, 1.807) is 12.3 Å². The van der Waals surface area contributed by atoms with Crippen molar-refractivity contribution in [1.82, 2.24) is 9.88 Å². The van der Waals surface area contributed by atoms with E-state index in [1.165, 1.54) is 9.80 Å². The summed E-state index contributed by atoms with van der Waals surface area (Å²) in [6.45, 7) is 0.480. The zero-order chi connectivity index (χ0) is 18.3. The van der Waals surface area contributed by atoms with Crippen molar-refractivity contribution in [3.8, 4) is 17.3 Å². The van der Waals surface area contributed by atoms with Gasteiger partial charge in [-0.1, -0.05) is 23.7 Å². The molecule has 3 heterocycles. The van der Waals surface area contributed by atoms with Crippen molar-refractivity contribution in [2.75, 3.05) is 24.5 Å². The third kappa shape index (κ3) is 2.78. The number of halogens is 2. The summed E-state index contributed by atoms with van der Waals surface area (Å²) >= 11 is 6.05. The van der Waals surface area contributed by atoms with E-state index in [1.807, 2.05) is 30.5 Å². The van der Waals surface area contributed by atoms with Crippen molar-refractivity contribution < 1.29 is 9.18 Å². The van der Waals surface area contributed by atoms with Crippen LogP contribution in [0.2, 0.25) is 5.02 Å². The number of fused-ring (bicyclic) bond motifs is 1. The molecule has 0 spiro atoms. The number of hydrogen-bond acceptors (Lipinski definition) is 4. The molecule has 0 saturated carbocycles. The third-order valence-corrected chi connectivity index (χ3v) is 5.19. The summed E-state index contributed by atoms with van der Waals surface area (Å²) in [6, 6.07) is 9.45. The molecule has 0 bridgehead atoms. The van der Waals surface area contributed by atoms with Crippen molar-refractivity contribution in [2.45, 2.75) is 18.5 Å². The number of nitriles is 1. The monoisotopic (exact) mass is 370 g/mol. The standard InChI is InChI=1S/C19H16ClFN4O/c20-16-3-1-2-13(9-16)15-8-14-4-6-25(17(14)23-10-15)18(26)19(21)5-7-24(11-19)12-22/h1-3,8-10H,4-7,11H2/t19-/m1/s1. The van der Waals surface area contributed by atoms with Gasteiger partial charge in [-0.2, -0.15) is 5.26 Å². The maximum atomic E-state index is 15.1. The molecule has 1 atom stereocenters. The maximum absolute atomic E-state index is 15.1. The van der Waals surface area contributed by atoms with E-state index in [0.29, 0.717) is 23.8 Å². The van der Waals surface area contributed by atoms with Crippen LogP contribution in [0.4, 0.5) is 10.2 Å². The minimum atomic E-state index is -2.02. The SMILES string of the molecule is N#CN1CC[C@](F)(C(=O)N2CCc3cc(-c4cccc(Cl)c4)cnc32)C1. The summed E-state index contributed by atoms with van der Waals surface area (Å²) in [7, 11) is 0. The topological polar surface area (TPSA) is 60.2 Å². The quantitative estimate of drug-likeness (QED) is 0.762. The fraction of sp³-hybridized carbons (Fsp3) is 0.316. The van der Waals surface area contributed by atoms with Gasteiger partial charge in [0.2, 0.25) is 5.67 Å². The van der Waals surface area contributed by atoms with Gasteiger partial charge in [-0.15, -0.1) is 0 Å². The van der Waals surface area contributed by atoms with Crippen LogP contribution >= 0.6 is 11.6 Å². The fourth-order valence-electron chi connectivity index (χ4n) is 3.57. The summed E-state index contributed by atoms with van der Waals surface area (Å²) in [5.74, 6) is -0.0924. The van der Waals surface area contributed by atoms with E-state index in [-0.39, 0.29) is 19.5 Å². The number of benzene rings is 1. The van der Waals surface area contributed by atoms with Crippen LogP contribution in [0.5, 0.6) is 0 Å². The lowest BCUT2D eigenvalue weighted by molar-refractivity contribution is -0.129. The molecule has 26 heavy (non-hydrogen) atoms. The number of carbonyl (C=O) groups excluding carboxylic acids is 1. The average molecular weight is 371 g/mol. The van der Waals surface area contributed by atoms with Crippen molar-refractivity contribution in [1.29, 1.82) is 5.26 Å². The Balaban J connectivity index is 1.61. The first-order valence-electron chi connectivity index (χ1n) is 8.41. The molecule has 132 valence electrons. The Labute approximate surface area is 155 Å². The normalized spacial score (nSPS) is 21.6. The Kier molecular flexibility index (Phi) is 4.04. The van der Waals surface area contributed by atoms with E-state index < -0.39 is 11.6 Å². The highest BCUT2D eigenvalue weighted by Crippen LogP contribution is 2.35. The van der Waals surface area contributed by atoms with Gasteiger partial charge in [0.05, 0.1) is 6.54 Å². The van der Waals surface area contributed by atoms with E-state index >= 15 is 4.39 Å². The Morgan fingerprint density at radius 2 is 2.15 bits per heavy atom. The van der Waals surface area contributed by atoms with Gasteiger partial charge in [-0.05, 0) is 35.7 Å². The van der Waals surface area contributed by atoms with Crippen molar-refractivity contribution in [3.05, 3.63) is 47.1 Å². The van der Waals surface area contributed by atoms with Gasteiger partial charge >= 0.3 is 0 Å². The molecule has 2 aromatic rings. The molecule has 0 radical (unpaired) electrons. The number of amides is 1. The van der Waals surface area contributed by atoms with Gasteiger partial charge in [0, 0.05) is 36.3 Å². The molecule has 1 fully saturated rings. The van der Waals surface area contributed by atoms with E-state index in [0.717, 1.165) is 16.7 Å². The molecule has 1 amide bonds. The minimum absolute atomic E-state index is 0.0336. The number of likely N-dealkylation sites (tertiary alicyclic amines) is 1. The molecule has 4 rings (SSSR count). The third-order valence-electron chi connectivity index (χ3n) is 4.95. The summed E-state index contributed by atoms with van der Waals surface area (Å²) in [4.78, 5) is 19.9. The van der Waals surface area contributed by atoms with E-state index in [4.69, 9.17) is 16.9 Å². The predicted octanol–water partition coefficient (Wildman–Crippen LogP) is 3.19. The Morgan fingerprint density at radius 1 is 1.31 bits per heavy atom. The molecule has 1 aromatic heterocycles. The van der Waals surface area contributed by atoms with Gasteiger partial charge in [-0.25, -0.2) is 9.37 Å². The molecule has 0 unspecified atom stereocenters. The van der Waals surface area contributed by atoms with Crippen LogP contribution < -0.4 is 4.90 Å². The largest absolute Gasteiger partial charge is 0.307 e. The lowest BCUT2D eigenvalue weighted by atomic mass is 10.0. The second-order valence-electron chi connectivity index (χ2n) is 6.66. The van der Waals surface area contributed by atoms with Crippen LogP contribution in [-0.4, -0.2) is 41.1 Å². The Morgan fingerprint density at radius 3 is 2.88 bits per heavy atom. The zero-order valence-corrected chi connectivity index (χ0v) is 14.7. The van der Waals surface area contributed by atoms with Crippen molar-refractivity contribution in [3.63, 3.8) is 0 Å². The second-order valence-corrected chi connectivity index (χ2v) is 7.10. The maximum Gasteiger partial charge on any atom is 0.267 e. The van der Waals surface area contributed by atoms with Gasteiger partial charge in [-0.3, -0.25) is 9.69 Å². The van der Waals surface area contributed by atoms with Crippen LogP contribution in [0.1, 0.15) is 12.0 Å². The first-order chi connectivity index (χ1) is 12.5. The highest BCUT2D eigenvalue weighted by Gasteiger charge is 2.49. The highest BCUT2D eigenvalue weighted by atomic mass is 35.5. The van der Waals surface area contributed by atoms with Gasteiger partial charge < -0.3 is 4.90 Å². The fourth-order valence-corrected chi connectivity index (χ4v) is 3.76. The van der Waals surface area contributed by atoms with Crippen LogP contribution in [0.3, 0.4) is 0 Å². The number of pyridine rings is 1. The van der Waals surface area contributed by atoms with Gasteiger partial charge in [0.25, 0.3) is 5.91 Å². The van der Waals surface area contributed by atoms with Gasteiger partial charge in [0.15, 0.2) is 6.19 Å². The van der Waals surface area contributed by atoms with E-state index in [9.17, 15) is 4.79 Å². The van der Waals surface area contributed by atoms with Crippen LogP contribution in [0.25, 0.3) is 11.1 Å². The molecular formula is C19H16ClFN4O. The molecule has 0 N–H and O–H groups in total. The molecule has 7 heteroatoms. The lowest BCUT2D eigenvalue weighted by Gasteiger charge is -2.25. The van der Waals surface area contributed by atoms with Crippen molar-refractivity contribution >= 4 is 23.3 Å². The highest BCUT2D eigenvalue weighted by molar-refractivity contribution is 6.30. The number of aromatic nitrogens is 1. The Hall–Kier alpha value is -2.65. The summed E-state index contributed by atoms with van der Waals surface area (Å²) in [5, 5.41) is 9.57. The number of rotatable bonds is 2. The number of nitrogens with zero attached hydrogens (tertiary/aromatic N) is 4. The molecule has 2 aliphatic heterocycles. The number of hydrogen-bond donors (Lipinski definition) is 0. The minimum Gasteiger partial charge on any atom is -0.307 e. The Bertz CT molecular complexity index is 928. The second kappa shape index (κ2) is 6.26. The van der Waals surface area contributed by atoms with E-state index in [2.05, 4.69) is 4.98 Å². The van der Waals surface area contributed by atoms with Gasteiger partial charge in [0.1, 0.15) is 5.82 Å². The molecule has 0 aliphatic carbocycles. The summed E-state index contributed by atoms with van der Waals surface area (Å²) in [6.07, 6.45) is 4.25. The number of anilines is 1. The average Bonchev–Trinajstić information content (AvgIpc) is 3.25. The molecule has 5 nitrogen and oxygen atoms in total.